The Morgan fingerprint density at radius 2 is 2.06 bits per heavy atom. The maximum atomic E-state index is 13.2. The van der Waals surface area contributed by atoms with E-state index in [1.165, 1.54) is 18.9 Å². The summed E-state index contributed by atoms with van der Waals surface area (Å²) in [6.45, 7) is 2.61. The van der Waals surface area contributed by atoms with Crippen molar-refractivity contribution in [3.63, 3.8) is 0 Å². The fraction of sp³-hybridized carbons (Fsp3) is 0.385. The zero-order chi connectivity index (χ0) is 11.4. The average molecular weight is 220 g/mol. The van der Waals surface area contributed by atoms with Gasteiger partial charge in [0.05, 0.1) is 0 Å². The van der Waals surface area contributed by atoms with E-state index in [0.29, 0.717) is 6.54 Å². The molecular formula is C13H17FN2. The monoisotopic (exact) mass is 220 g/mol. The minimum atomic E-state index is -0.195. The molecule has 2 nitrogen and oxygen atoms in total. The molecule has 1 aromatic carbocycles. The van der Waals surface area contributed by atoms with Gasteiger partial charge in [-0.3, -0.25) is 0 Å². The Morgan fingerprint density at radius 3 is 2.75 bits per heavy atom. The van der Waals surface area contributed by atoms with Gasteiger partial charge in [0.15, 0.2) is 0 Å². The third-order valence-corrected chi connectivity index (χ3v) is 2.87. The highest BCUT2D eigenvalue weighted by Crippen LogP contribution is 2.26. The van der Waals surface area contributed by atoms with E-state index in [9.17, 15) is 4.39 Å². The van der Waals surface area contributed by atoms with E-state index in [4.69, 9.17) is 5.73 Å². The molecule has 0 atom stereocenters. The van der Waals surface area contributed by atoms with Gasteiger partial charge < -0.3 is 10.6 Å². The molecule has 3 heteroatoms. The maximum absolute atomic E-state index is 13.2. The van der Waals surface area contributed by atoms with E-state index in [1.807, 2.05) is 18.2 Å². The lowest BCUT2D eigenvalue weighted by Crippen LogP contribution is -2.18. The van der Waals surface area contributed by atoms with Gasteiger partial charge in [0.2, 0.25) is 0 Å². The molecule has 0 aliphatic carbocycles. The second-order valence-electron chi connectivity index (χ2n) is 4.04. The average Bonchev–Trinajstić information content (AvgIpc) is 2.80. The number of anilines is 1. The smallest absolute Gasteiger partial charge is 0.123 e. The van der Waals surface area contributed by atoms with Crippen LogP contribution in [0.5, 0.6) is 0 Å². The summed E-state index contributed by atoms with van der Waals surface area (Å²) < 4.78 is 13.2. The van der Waals surface area contributed by atoms with E-state index < -0.39 is 0 Å². The second-order valence-corrected chi connectivity index (χ2v) is 4.04. The Labute approximate surface area is 95.6 Å². The Morgan fingerprint density at radius 1 is 1.31 bits per heavy atom. The minimum absolute atomic E-state index is 0.195. The normalized spacial score (nSPS) is 16.2. The maximum Gasteiger partial charge on any atom is 0.123 e. The highest BCUT2D eigenvalue weighted by Gasteiger charge is 2.14. The van der Waals surface area contributed by atoms with Crippen LogP contribution in [0.15, 0.2) is 24.3 Å². The zero-order valence-corrected chi connectivity index (χ0v) is 9.32. The molecule has 0 amide bonds. The van der Waals surface area contributed by atoms with Crippen molar-refractivity contribution >= 4 is 11.8 Å². The fourth-order valence-corrected chi connectivity index (χ4v) is 2.10. The summed E-state index contributed by atoms with van der Waals surface area (Å²) in [5.41, 5.74) is 7.46. The number of benzene rings is 1. The van der Waals surface area contributed by atoms with Crippen LogP contribution in [0.25, 0.3) is 6.08 Å². The van der Waals surface area contributed by atoms with Crippen molar-refractivity contribution in [1.82, 2.24) is 0 Å². The number of hydrogen-bond acceptors (Lipinski definition) is 2. The van der Waals surface area contributed by atoms with Gasteiger partial charge in [-0.05, 0) is 31.0 Å². The zero-order valence-electron chi connectivity index (χ0n) is 9.32. The predicted octanol–water partition coefficient (Wildman–Crippen LogP) is 2.40. The van der Waals surface area contributed by atoms with Crippen LogP contribution in [0.4, 0.5) is 10.1 Å². The topological polar surface area (TPSA) is 29.3 Å². The Balaban J connectivity index is 2.31. The highest BCUT2D eigenvalue weighted by molar-refractivity contribution is 5.68. The van der Waals surface area contributed by atoms with Gasteiger partial charge >= 0.3 is 0 Å². The highest BCUT2D eigenvalue weighted by atomic mass is 19.1. The molecule has 0 bridgehead atoms. The van der Waals surface area contributed by atoms with Crippen molar-refractivity contribution < 1.29 is 4.39 Å². The Bertz CT molecular complexity index is 382. The lowest BCUT2D eigenvalue weighted by molar-refractivity contribution is 0.627. The number of rotatable bonds is 3. The molecule has 0 unspecified atom stereocenters. The molecular weight excluding hydrogens is 203 g/mol. The molecule has 0 spiro atoms. The first-order valence-electron chi connectivity index (χ1n) is 5.72. The van der Waals surface area contributed by atoms with Gasteiger partial charge in [-0.1, -0.05) is 12.2 Å². The number of hydrogen-bond donors (Lipinski definition) is 1. The summed E-state index contributed by atoms with van der Waals surface area (Å²) in [5.74, 6) is -0.195. The fourth-order valence-electron chi connectivity index (χ4n) is 2.10. The van der Waals surface area contributed by atoms with Crippen molar-refractivity contribution in [3.8, 4) is 0 Å². The first kappa shape index (κ1) is 11.1. The minimum Gasteiger partial charge on any atom is -0.371 e. The van der Waals surface area contributed by atoms with Crippen LogP contribution in [0, 0.1) is 5.82 Å². The summed E-state index contributed by atoms with van der Waals surface area (Å²) in [7, 11) is 0. The molecule has 0 aromatic heterocycles. The van der Waals surface area contributed by atoms with Crippen molar-refractivity contribution in [2.45, 2.75) is 12.8 Å². The Hall–Kier alpha value is -1.35. The predicted molar refractivity (Wildman–Crippen MR) is 65.9 cm³/mol. The van der Waals surface area contributed by atoms with Crippen LogP contribution < -0.4 is 10.6 Å². The summed E-state index contributed by atoms with van der Waals surface area (Å²) in [5, 5.41) is 0. The molecule has 1 heterocycles. The first-order chi connectivity index (χ1) is 7.81. The summed E-state index contributed by atoms with van der Waals surface area (Å²) in [6, 6.07) is 4.95. The molecule has 1 saturated heterocycles. The van der Waals surface area contributed by atoms with E-state index in [1.54, 1.807) is 6.07 Å². The molecule has 1 aromatic rings. The van der Waals surface area contributed by atoms with E-state index in [2.05, 4.69) is 4.90 Å². The van der Waals surface area contributed by atoms with Crippen LogP contribution in [-0.4, -0.2) is 19.6 Å². The molecule has 0 radical (unpaired) electrons. The molecule has 1 aliphatic rings. The molecule has 86 valence electrons. The van der Waals surface area contributed by atoms with E-state index in [0.717, 1.165) is 24.3 Å². The second kappa shape index (κ2) is 5.12. The van der Waals surface area contributed by atoms with Gasteiger partial charge in [-0.2, -0.15) is 0 Å². The SMILES string of the molecule is NC/C=C/c1cc(F)ccc1N1CCCC1. The van der Waals surface area contributed by atoms with Crippen molar-refractivity contribution in [1.29, 1.82) is 0 Å². The third-order valence-electron chi connectivity index (χ3n) is 2.87. The lowest BCUT2D eigenvalue weighted by Gasteiger charge is -2.20. The molecule has 0 saturated carbocycles. The third kappa shape index (κ3) is 2.42. The van der Waals surface area contributed by atoms with Crippen molar-refractivity contribution in [3.05, 3.63) is 35.7 Å². The molecule has 1 aliphatic heterocycles. The Kier molecular flexibility index (Phi) is 3.57. The first-order valence-corrected chi connectivity index (χ1v) is 5.72. The molecule has 2 rings (SSSR count). The summed E-state index contributed by atoms with van der Waals surface area (Å²) in [4.78, 5) is 2.30. The van der Waals surface area contributed by atoms with Crippen LogP contribution in [0.1, 0.15) is 18.4 Å². The number of nitrogens with zero attached hydrogens (tertiary/aromatic N) is 1. The van der Waals surface area contributed by atoms with Gasteiger partial charge in [0.1, 0.15) is 5.82 Å². The standard InChI is InChI=1S/C13H17FN2/c14-12-5-6-13(16-8-1-2-9-16)11(10-12)4-3-7-15/h3-6,10H,1-2,7-9,15H2/b4-3+. The van der Waals surface area contributed by atoms with Crippen LogP contribution >= 0.6 is 0 Å². The lowest BCUT2D eigenvalue weighted by atomic mass is 10.1. The molecule has 16 heavy (non-hydrogen) atoms. The molecule has 1 fully saturated rings. The summed E-state index contributed by atoms with van der Waals surface area (Å²) >= 11 is 0. The van der Waals surface area contributed by atoms with E-state index in [-0.39, 0.29) is 5.82 Å². The van der Waals surface area contributed by atoms with Crippen LogP contribution in [-0.2, 0) is 0 Å². The largest absolute Gasteiger partial charge is 0.371 e. The summed E-state index contributed by atoms with van der Waals surface area (Å²) in [6.07, 6.45) is 6.19. The quantitative estimate of drug-likeness (QED) is 0.847. The van der Waals surface area contributed by atoms with Crippen LogP contribution in [0.3, 0.4) is 0 Å². The number of halogens is 1. The molecule has 2 N–H and O–H groups in total. The van der Waals surface area contributed by atoms with E-state index >= 15 is 0 Å². The van der Waals surface area contributed by atoms with Gasteiger partial charge in [-0.25, -0.2) is 4.39 Å². The van der Waals surface area contributed by atoms with Gasteiger partial charge in [0, 0.05) is 30.9 Å². The van der Waals surface area contributed by atoms with Crippen molar-refractivity contribution in [2.75, 3.05) is 24.5 Å². The van der Waals surface area contributed by atoms with Crippen LogP contribution in [0.2, 0.25) is 0 Å². The number of nitrogens with two attached hydrogens (primary N) is 1. The van der Waals surface area contributed by atoms with Gasteiger partial charge in [0.25, 0.3) is 0 Å². The van der Waals surface area contributed by atoms with Gasteiger partial charge in [-0.15, -0.1) is 0 Å². The van der Waals surface area contributed by atoms with Crippen molar-refractivity contribution in [2.24, 2.45) is 5.73 Å².